The molecule has 0 aliphatic rings. The number of anilines is 1. The Morgan fingerprint density at radius 1 is 1.23 bits per heavy atom. The van der Waals surface area contributed by atoms with Gasteiger partial charge in [-0.1, -0.05) is 18.2 Å². The van der Waals surface area contributed by atoms with Crippen LogP contribution in [-0.4, -0.2) is 38.2 Å². The van der Waals surface area contributed by atoms with E-state index in [-0.39, 0.29) is 11.1 Å². The van der Waals surface area contributed by atoms with Crippen molar-refractivity contribution >= 4 is 28.8 Å². The van der Waals surface area contributed by atoms with Gasteiger partial charge in [-0.25, -0.2) is 14.4 Å². The van der Waals surface area contributed by atoms with Crippen LogP contribution in [0.3, 0.4) is 0 Å². The lowest BCUT2D eigenvalue weighted by molar-refractivity contribution is 0.0879. The molecule has 2 aromatic heterocycles. The highest BCUT2D eigenvalue weighted by atomic mass is 35.5. The largest absolute Gasteiger partial charge is 0.389 e. The Bertz CT molecular complexity index is 1110. The second-order valence-corrected chi connectivity index (χ2v) is 7.42. The quantitative estimate of drug-likeness (QED) is 0.480. The number of rotatable bonds is 7. The number of hydrogen-bond acceptors (Lipinski definition) is 6. The molecule has 3 N–H and O–H groups in total. The maximum atomic E-state index is 14.4. The van der Waals surface area contributed by atoms with Gasteiger partial charge in [0.05, 0.1) is 17.4 Å². The number of nitrogens with zero attached hydrogens (tertiary/aromatic N) is 3. The second kappa shape index (κ2) is 9.63. The summed E-state index contributed by atoms with van der Waals surface area (Å²) in [6.45, 7) is 7.26. The first kappa shape index (κ1) is 22.3. The van der Waals surface area contributed by atoms with Crippen molar-refractivity contribution in [3.63, 3.8) is 0 Å². The third-order valence-electron chi connectivity index (χ3n) is 4.47. The number of aliphatic hydroxyl groups excluding tert-OH is 1. The van der Waals surface area contributed by atoms with Crippen molar-refractivity contribution in [2.75, 3.05) is 5.32 Å². The molecule has 0 saturated carbocycles. The van der Waals surface area contributed by atoms with Gasteiger partial charge in [-0.05, 0) is 43.7 Å². The fourth-order valence-corrected chi connectivity index (χ4v) is 3.01. The predicted molar refractivity (Wildman–Crippen MR) is 118 cm³/mol. The molecular formula is C22H21ClFN5O2. The summed E-state index contributed by atoms with van der Waals surface area (Å²) in [7, 11) is 0. The molecule has 0 radical (unpaired) electrons. The molecule has 2 atom stereocenters. The summed E-state index contributed by atoms with van der Waals surface area (Å²) in [5.41, 5.74) is 2.65. The number of carbonyl (C=O) groups is 1. The maximum Gasteiger partial charge on any atom is 0.256 e. The number of aromatic nitrogens is 3. The molecule has 0 spiro atoms. The number of benzene rings is 1. The number of carbonyl (C=O) groups excluding carboxylic acids is 1. The summed E-state index contributed by atoms with van der Waals surface area (Å²) in [6.07, 6.45) is 3.76. The van der Waals surface area contributed by atoms with Gasteiger partial charge in [0.2, 0.25) is 0 Å². The minimum Gasteiger partial charge on any atom is -0.389 e. The fourth-order valence-electron chi connectivity index (χ4n) is 2.84. The van der Waals surface area contributed by atoms with E-state index in [1.807, 2.05) is 0 Å². The first-order valence-electron chi connectivity index (χ1n) is 9.38. The van der Waals surface area contributed by atoms with Crippen molar-refractivity contribution in [3.05, 3.63) is 77.7 Å². The molecule has 160 valence electrons. The van der Waals surface area contributed by atoms with Crippen LogP contribution < -0.4 is 10.6 Å². The molecule has 2 heterocycles. The van der Waals surface area contributed by atoms with Crippen LogP contribution in [-0.2, 0) is 0 Å². The lowest BCUT2D eigenvalue weighted by Crippen LogP contribution is -2.47. The van der Waals surface area contributed by atoms with E-state index in [0.29, 0.717) is 27.5 Å². The van der Waals surface area contributed by atoms with Crippen LogP contribution in [0, 0.1) is 5.82 Å². The van der Waals surface area contributed by atoms with Crippen LogP contribution >= 0.6 is 11.6 Å². The maximum absolute atomic E-state index is 14.4. The van der Waals surface area contributed by atoms with Crippen molar-refractivity contribution in [3.8, 4) is 11.3 Å². The molecule has 0 unspecified atom stereocenters. The smallest absolute Gasteiger partial charge is 0.256 e. The Labute approximate surface area is 184 Å². The third kappa shape index (κ3) is 5.42. The monoisotopic (exact) mass is 441 g/mol. The van der Waals surface area contributed by atoms with Gasteiger partial charge in [0.25, 0.3) is 5.91 Å². The van der Waals surface area contributed by atoms with Crippen molar-refractivity contribution in [1.29, 1.82) is 0 Å². The van der Waals surface area contributed by atoms with Gasteiger partial charge in [0.15, 0.2) is 0 Å². The molecular weight excluding hydrogens is 421 g/mol. The van der Waals surface area contributed by atoms with Crippen LogP contribution in [0.2, 0.25) is 5.02 Å². The van der Waals surface area contributed by atoms with Gasteiger partial charge in [0, 0.05) is 40.4 Å². The number of pyridine rings is 1. The zero-order valence-corrected chi connectivity index (χ0v) is 17.7. The van der Waals surface area contributed by atoms with Crippen molar-refractivity contribution < 1.29 is 14.3 Å². The summed E-state index contributed by atoms with van der Waals surface area (Å²) in [5, 5.41) is 16.4. The first-order valence-corrected chi connectivity index (χ1v) is 9.76. The van der Waals surface area contributed by atoms with E-state index in [0.717, 1.165) is 0 Å². The zero-order valence-electron chi connectivity index (χ0n) is 16.9. The van der Waals surface area contributed by atoms with Crippen molar-refractivity contribution in [2.24, 2.45) is 0 Å². The number of halogens is 2. The third-order valence-corrected chi connectivity index (χ3v) is 4.71. The summed E-state index contributed by atoms with van der Waals surface area (Å²) < 4.78 is 14.4. The number of aliphatic hydroxyl groups is 1. The normalized spacial score (nSPS) is 12.7. The summed E-state index contributed by atoms with van der Waals surface area (Å²) in [4.78, 5) is 24.5. The van der Waals surface area contributed by atoms with Gasteiger partial charge in [-0.3, -0.25) is 9.78 Å². The van der Waals surface area contributed by atoms with Gasteiger partial charge < -0.3 is 15.7 Å². The Hall–Kier alpha value is -3.36. The Morgan fingerprint density at radius 2 is 1.94 bits per heavy atom. The Morgan fingerprint density at radius 3 is 2.58 bits per heavy atom. The standard InChI is InChI=1S/C22H21ClFN5O2/c1-12(2)17-10-27-19(16-6-15(23)4-5-18(16)24)7-20(17)28-21(13(3)30)29-22(31)14-8-25-11-26-9-14/h4-11,13,21,30H,1H2,2-3H3,(H,27,28)(H,29,31)/t13-,21-/m0/s1. The van der Waals surface area contributed by atoms with Crippen molar-refractivity contribution in [1.82, 2.24) is 20.3 Å². The van der Waals surface area contributed by atoms with Crippen LogP contribution in [0.1, 0.15) is 29.8 Å². The molecule has 0 fully saturated rings. The highest BCUT2D eigenvalue weighted by Crippen LogP contribution is 2.30. The molecule has 1 amide bonds. The average Bonchev–Trinajstić information content (AvgIpc) is 2.75. The molecule has 1 aromatic carbocycles. The Balaban J connectivity index is 1.95. The van der Waals surface area contributed by atoms with Crippen LogP contribution in [0.4, 0.5) is 10.1 Å². The molecule has 3 rings (SSSR count). The van der Waals surface area contributed by atoms with Crippen molar-refractivity contribution in [2.45, 2.75) is 26.1 Å². The molecule has 31 heavy (non-hydrogen) atoms. The molecule has 0 aliphatic heterocycles. The lowest BCUT2D eigenvalue weighted by atomic mass is 10.0. The van der Waals surface area contributed by atoms with E-state index < -0.39 is 24.0 Å². The fraction of sp³-hybridized carbons (Fsp3) is 0.182. The number of amides is 1. The highest BCUT2D eigenvalue weighted by molar-refractivity contribution is 6.30. The molecule has 0 saturated heterocycles. The van der Waals surface area contributed by atoms with Crippen LogP contribution in [0.15, 0.2) is 55.8 Å². The number of hydrogen-bond donors (Lipinski definition) is 3. The highest BCUT2D eigenvalue weighted by Gasteiger charge is 2.21. The topological polar surface area (TPSA) is 100 Å². The van der Waals surface area contributed by atoms with Gasteiger partial charge in [0.1, 0.15) is 18.3 Å². The molecule has 0 bridgehead atoms. The van der Waals surface area contributed by atoms with E-state index in [4.69, 9.17) is 11.6 Å². The Kier molecular flexibility index (Phi) is 6.94. The second-order valence-electron chi connectivity index (χ2n) is 6.98. The number of nitrogens with one attached hydrogen (secondary N) is 2. The van der Waals surface area contributed by atoms with Gasteiger partial charge in [-0.2, -0.15) is 0 Å². The zero-order chi connectivity index (χ0) is 22.5. The van der Waals surface area contributed by atoms with Crippen LogP contribution in [0.25, 0.3) is 16.8 Å². The minimum atomic E-state index is -0.967. The van der Waals surface area contributed by atoms with E-state index in [1.54, 1.807) is 19.2 Å². The summed E-state index contributed by atoms with van der Waals surface area (Å²) in [6, 6.07) is 5.81. The first-order chi connectivity index (χ1) is 14.8. The molecule has 3 aromatic rings. The lowest BCUT2D eigenvalue weighted by Gasteiger charge is -2.25. The molecule has 0 aliphatic carbocycles. The summed E-state index contributed by atoms with van der Waals surface area (Å²) in [5.74, 6) is -0.943. The average molecular weight is 442 g/mol. The molecule has 7 nitrogen and oxygen atoms in total. The van der Waals surface area contributed by atoms with E-state index >= 15 is 0 Å². The van der Waals surface area contributed by atoms with Gasteiger partial charge in [-0.15, -0.1) is 0 Å². The van der Waals surface area contributed by atoms with E-state index in [1.165, 1.54) is 43.8 Å². The molecule has 9 heteroatoms. The predicted octanol–water partition coefficient (Wildman–Crippen LogP) is 3.91. The summed E-state index contributed by atoms with van der Waals surface area (Å²) >= 11 is 6.01. The number of allylic oxidation sites excluding steroid dienone is 1. The van der Waals surface area contributed by atoms with Gasteiger partial charge >= 0.3 is 0 Å². The minimum absolute atomic E-state index is 0.225. The van der Waals surface area contributed by atoms with E-state index in [9.17, 15) is 14.3 Å². The SMILES string of the molecule is C=C(C)c1cnc(-c2cc(Cl)ccc2F)cc1N[C@@H](NC(=O)c1cncnc1)[C@H](C)O. The van der Waals surface area contributed by atoms with Crippen LogP contribution in [0.5, 0.6) is 0 Å². The van der Waals surface area contributed by atoms with E-state index in [2.05, 4.69) is 32.2 Å².